The van der Waals surface area contributed by atoms with Gasteiger partial charge in [-0.2, -0.15) is 0 Å². The molecule has 0 saturated carbocycles. The summed E-state index contributed by atoms with van der Waals surface area (Å²) in [5.74, 6) is -0.932. The van der Waals surface area contributed by atoms with Gasteiger partial charge < -0.3 is 10.0 Å². The topological polar surface area (TPSA) is 82.5 Å². The number of urea groups is 1. The highest BCUT2D eigenvalue weighted by atomic mass is 32.1. The van der Waals surface area contributed by atoms with E-state index >= 15 is 0 Å². The first kappa shape index (κ1) is 13.8. The lowest BCUT2D eigenvalue weighted by atomic mass is 9.93. The van der Waals surface area contributed by atoms with Crippen molar-refractivity contribution < 1.29 is 14.7 Å². The second kappa shape index (κ2) is 5.16. The molecule has 2 N–H and O–H groups in total. The Hall–Kier alpha value is -1.63. The number of anilines is 1. The van der Waals surface area contributed by atoms with Crippen LogP contribution in [0.3, 0.4) is 0 Å². The van der Waals surface area contributed by atoms with Crippen LogP contribution in [-0.2, 0) is 4.79 Å². The van der Waals surface area contributed by atoms with Crippen molar-refractivity contribution >= 4 is 28.5 Å². The van der Waals surface area contributed by atoms with Crippen LogP contribution in [-0.4, -0.2) is 39.1 Å². The van der Waals surface area contributed by atoms with E-state index in [0.29, 0.717) is 30.9 Å². The van der Waals surface area contributed by atoms with Gasteiger partial charge in [0.1, 0.15) is 5.54 Å². The number of thiazole rings is 1. The van der Waals surface area contributed by atoms with E-state index in [4.69, 9.17) is 0 Å². The smallest absolute Gasteiger partial charge is 0.329 e. The quantitative estimate of drug-likeness (QED) is 0.891. The van der Waals surface area contributed by atoms with Gasteiger partial charge in [-0.25, -0.2) is 14.6 Å². The molecule has 1 aliphatic heterocycles. The number of nitrogens with one attached hydrogen (secondary N) is 1. The molecule has 0 spiro atoms. The predicted octanol–water partition coefficient (Wildman–Crippen LogP) is 2.31. The van der Waals surface area contributed by atoms with E-state index in [1.54, 1.807) is 6.92 Å². The summed E-state index contributed by atoms with van der Waals surface area (Å²) >= 11 is 1.34. The van der Waals surface area contributed by atoms with Crippen molar-refractivity contribution in [3.63, 3.8) is 0 Å². The fourth-order valence-electron chi connectivity index (χ4n) is 2.49. The normalized spacial score (nSPS) is 22.5. The molecule has 0 radical (unpaired) electrons. The molecule has 7 heteroatoms. The van der Waals surface area contributed by atoms with E-state index in [-0.39, 0.29) is 6.03 Å². The molecule has 104 valence electrons. The maximum absolute atomic E-state index is 12.2. The third kappa shape index (κ3) is 2.42. The van der Waals surface area contributed by atoms with Crippen LogP contribution in [0.15, 0.2) is 5.38 Å². The molecule has 1 aliphatic rings. The van der Waals surface area contributed by atoms with Crippen molar-refractivity contribution in [2.24, 2.45) is 0 Å². The minimum Gasteiger partial charge on any atom is -0.479 e. The van der Waals surface area contributed by atoms with E-state index in [1.807, 2.05) is 12.3 Å². The molecule has 0 bridgehead atoms. The molecule has 2 amide bonds. The average Bonchev–Trinajstić information content (AvgIpc) is 2.95. The van der Waals surface area contributed by atoms with Gasteiger partial charge in [0.25, 0.3) is 0 Å². The number of carbonyl (C=O) groups excluding carboxylic acids is 1. The first-order valence-electron chi connectivity index (χ1n) is 6.24. The van der Waals surface area contributed by atoms with Crippen LogP contribution in [0.2, 0.25) is 0 Å². The molecular weight excluding hydrogens is 266 g/mol. The molecule has 6 nitrogen and oxygen atoms in total. The standard InChI is InChI=1S/C12H17N3O3S/c1-3-12(9(16)17)5-4-6-15(12)11(18)14-10-13-8(2)7-19-10/h7H,3-6H2,1-2H3,(H,16,17)(H,13,14,18). The molecule has 1 fully saturated rings. The lowest BCUT2D eigenvalue weighted by molar-refractivity contribution is -0.148. The summed E-state index contributed by atoms with van der Waals surface area (Å²) in [5.41, 5.74) is -0.238. The van der Waals surface area contributed by atoms with Gasteiger partial charge in [-0.3, -0.25) is 5.32 Å². The zero-order valence-corrected chi connectivity index (χ0v) is 11.8. The lowest BCUT2D eigenvalue weighted by Crippen LogP contribution is -2.54. The van der Waals surface area contributed by atoms with Crippen molar-refractivity contribution in [1.29, 1.82) is 0 Å². The largest absolute Gasteiger partial charge is 0.479 e. The van der Waals surface area contributed by atoms with Crippen LogP contribution in [0.4, 0.5) is 9.93 Å². The van der Waals surface area contributed by atoms with Gasteiger partial charge in [-0.05, 0) is 26.2 Å². The molecule has 1 aromatic heterocycles. The van der Waals surface area contributed by atoms with Crippen molar-refractivity contribution in [2.45, 2.75) is 38.6 Å². The van der Waals surface area contributed by atoms with Crippen LogP contribution in [0.25, 0.3) is 0 Å². The minimum absolute atomic E-state index is 0.379. The number of hydrogen-bond acceptors (Lipinski definition) is 4. The Morgan fingerprint density at radius 3 is 2.89 bits per heavy atom. The summed E-state index contributed by atoms with van der Waals surface area (Å²) < 4.78 is 0. The van der Waals surface area contributed by atoms with E-state index in [9.17, 15) is 14.7 Å². The Kier molecular flexibility index (Phi) is 3.75. The Morgan fingerprint density at radius 2 is 2.37 bits per heavy atom. The number of carboxylic acids is 1. The second-order valence-electron chi connectivity index (χ2n) is 4.67. The first-order valence-corrected chi connectivity index (χ1v) is 7.11. The molecule has 2 rings (SSSR count). The average molecular weight is 283 g/mol. The predicted molar refractivity (Wildman–Crippen MR) is 72.5 cm³/mol. The molecule has 19 heavy (non-hydrogen) atoms. The van der Waals surface area contributed by atoms with Gasteiger partial charge >= 0.3 is 12.0 Å². The van der Waals surface area contributed by atoms with Gasteiger partial charge in [0.15, 0.2) is 5.13 Å². The molecular formula is C12H17N3O3S. The van der Waals surface area contributed by atoms with Crippen molar-refractivity contribution in [3.8, 4) is 0 Å². The van der Waals surface area contributed by atoms with Gasteiger partial charge in [-0.15, -0.1) is 11.3 Å². The molecule has 1 unspecified atom stereocenters. The van der Waals surface area contributed by atoms with Crippen LogP contribution in [0.1, 0.15) is 31.9 Å². The molecule has 1 atom stereocenters. The summed E-state index contributed by atoms with van der Waals surface area (Å²) in [7, 11) is 0. The van der Waals surface area contributed by atoms with E-state index < -0.39 is 11.5 Å². The lowest BCUT2D eigenvalue weighted by Gasteiger charge is -2.33. The number of hydrogen-bond donors (Lipinski definition) is 2. The number of nitrogens with zero attached hydrogens (tertiary/aromatic N) is 2. The molecule has 1 aromatic rings. The number of aromatic nitrogens is 1. The number of likely N-dealkylation sites (tertiary alicyclic amines) is 1. The van der Waals surface area contributed by atoms with Crippen molar-refractivity contribution in [2.75, 3.05) is 11.9 Å². The van der Waals surface area contributed by atoms with Gasteiger partial charge in [-0.1, -0.05) is 6.92 Å². The van der Waals surface area contributed by atoms with Gasteiger partial charge in [0.2, 0.25) is 0 Å². The Balaban J connectivity index is 2.16. The summed E-state index contributed by atoms with van der Waals surface area (Å²) in [5, 5.41) is 14.4. The monoisotopic (exact) mass is 283 g/mol. The third-order valence-corrected chi connectivity index (χ3v) is 4.43. The second-order valence-corrected chi connectivity index (χ2v) is 5.53. The Labute approximate surface area is 115 Å². The third-order valence-electron chi connectivity index (χ3n) is 3.55. The zero-order chi connectivity index (χ0) is 14.0. The van der Waals surface area contributed by atoms with Crippen molar-refractivity contribution in [3.05, 3.63) is 11.1 Å². The van der Waals surface area contributed by atoms with Gasteiger partial charge in [0, 0.05) is 11.9 Å². The highest BCUT2D eigenvalue weighted by Gasteiger charge is 2.48. The summed E-state index contributed by atoms with van der Waals surface area (Å²) in [4.78, 5) is 29.3. The van der Waals surface area contributed by atoms with E-state index in [1.165, 1.54) is 16.2 Å². The number of aryl methyl sites for hydroxylation is 1. The highest BCUT2D eigenvalue weighted by molar-refractivity contribution is 7.13. The highest BCUT2D eigenvalue weighted by Crippen LogP contribution is 2.33. The first-order chi connectivity index (χ1) is 8.99. The number of amides is 2. The SMILES string of the molecule is CCC1(C(=O)O)CCCN1C(=O)Nc1nc(C)cs1. The van der Waals surface area contributed by atoms with E-state index in [0.717, 1.165) is 5.69 Å². The number of carboxylic acid groups (broad SMARTS) is 1. The Bertz CT molecular complexity index is 502. The van der Waals surface area contributed by atoms with Gasteiger partial charge in [0.05, 0.1) is 5.69 Å². The van der Waals surface area contributed by atoms with Crippen LogP contribution in [0.5, 0.6) is 0 Å². The fourth-order valence-corrected chi connectivity index (χ4v) is 3.16. The number of rotatable bonds is 3. The zero-order valence-electron chi connectivity index (χ0n) is 11.0. The molecule has 0 aromatic carbocycles. The van der Waals surface area contributed by atoms with E-state index in [2.05, 4.69) is 10.3 Å². The number of aliphatic carboxylic acids is 1. The molecule has 0 aliphatic carbocycles. The summed E-state index contributed by atoms with van der Waals surface area (Å²) in [6.45, 7) is 4.11. The fraction of sp³-hybridized carbons (Fsp3) is 0.583. The maximum Gasteiger partial charge on any atom is 0.329 e. The van der Waals surface area contributed by atoms with Crippen molar-refractivity contribution in [1.82, 2.24) is 9.88 Å². The summed E-state index contributed by atoms with van der Waals surface area (Å²) in [6.07, 6.45) is 1.63. The van der Waals surface area contributed by atoms with Crippen LogP contribution >= 0.6 is 11.3 Å². The molecule has 1 saturated heterocycles. The number of carbonyl (C=O) groups is 2. The van der Waals surface area contributed by atoms with Crippen LogP contribution < -0.4 is 5.32 Å². The summed E-state index contributed by atoms with van der Waals surface area (Å²) in [6, 6.07) is -0.379. The molecule has 2 heterocycles. The maximum atomic E-state index is 12.2. The Morgan fingerprint density at radius 1 is 1.63 bits per heavy atom. The minimum atomic E-state index is -1.07. The van der Waals surface area contributed by atoms with Crippen LogP contribution in [0, 0.1) is 6.92 Å².